The van der Waals surface area contributed by atoms with Crippen LogP contribution in [-0.4, -0.2) is 30.7 Å². The van der Waals surface area contributed by atoms with Gasteiger partial charge in [0, 0.05) is 0 Å². The molecule has 1 atom stereocenters. The molecule has 0 aliphatic heterocycles. The topological polar surface area (TPSA) is 66.4 Å². The Hall–Kier alpha value is -0.705. The van der Waals surface area contributed by atoms with Crippen molar-refractivity contribution in [2.45, 2.75) is 44.6 Å². The molecule has 0 amide bonds. The summed E-state index contributed by atoms with van der Waals surface area (Å²) in [5.41, 5.74) is -0.0798. The molecular weight excluding hydrogens is 229 g/mol. The third kappa shape index (κ3) is 1.92. The van der Waals surface area contributed by atoms with Crippen LogP contribution in [0.2, 0.25) is 0 Å². The molecule has 4 bridgehead atoms. The molecule has 4 aliphatic rings. The van der Waals surface area contributed by atoms with Gasteiger partial charge in [0.15, 0.2) is 0 Å². The van der Waals surface area contributed by atoms with E-state index in [1.54, 1.807) is 0 Å². The second-order valence-electron chi connectivity index (χ2n) is 6.63. The van der Waals surface area contributed by atoms with E-state index >= 15 is 0 Å². The summed E-state index contributed by atoms with van der Waals surface area (Å²) in [4.78, 5) is 11.5. The molecule has 0 unspecified atom stereocenters. The van der Waals surface area contributed by atoms with E-state index in [9.17, 15) is 14.6 Å². The fraction of sp³-hybridized carbons (Fsp3) is 0.923. The molecule has 0 aromatic carbocycles. The number of rotatable bonds is 5. The summed E-state index contributed by atoms with van der Waals surface area (Å²) in [6.07, 6.45) is 7.20. The van der Waals surface area contributed by atoms with Crippen LogP contribution < -0.4 is 5.32 Å². The van der Waals surface area contributed by atoms with E-state index in [4.69, 9.17) is 0 Å². The predicted octanol–water partition coefficient (Wildman–Crippen LogP) is 1.25. The first-order valence-corrected chi connectivity index (χ1v) is 7.03. The monoisotopic (exact) mass is 249 g/mol. The van der Waals surface area contributed by atoms with E-state index in [1.807, 2.05) is 0 Å². The Morgan fingerprint density at radius 3 is 2.11 bits per heavy atom. The number of carboxylic acid groups (broad SMARTS) is 1. The second kappa shape index (κ2) is 4.44. The van der Waals surface area contributed by atoms with Crippen LogP contribution in [0.5, 0.6) is 0 Å². The molecule has 0 aromatic rings. The normalized spacial score (nSPS) is 42.6. The van der Waals surface area contributed by atoms with Gasteiger partial charge in [-0.2, -0.15) is 0 Å². The van der Waals surface area contributed by atoms with Crippen molar-refractivity contribution in [1.82, 2.24) is 5.32 Å². The van der Waals surface area contributed by atoms with Gasteiger partial charge in [-0.3, -0.25) is 0 Å². The summed E-state index contributed by atoms with van der Waals surface area (Å²) in [5, 5.41) is 12.4. The third-order valence-corrected chi connectivity index (χ3v) is 5.35. The summed E-state index contributed by atoms with van der Waals surface area (Å²) in [6.45, 7) is 0. The first-order chi connectivity index (χ1) is 8.63. The van der Waals surface area contributed by atoms with E-state index in [1.165, 1.54) is 19.3 Å². The van der Waals surface area contributed by atoms with Crippen LogP contribution in [0.1, 0.15) is 38.5 Å². The minimum atomic E-state index is -0.779. The van der Waals surface area contributed by atoms with Gasteiger partial charge in [0.2, 0.25) is 0 Å². The van der Waals surface area contributed by atoms with Gasteiger partial charge in [0.1, 0.15) is 0 Å². The Balaban J connectivity index is 1.83. The van der Waals surface area contributed by atoms with Crippen molar-refractivity contribution in [2.24, 2.45) is 23.2 Å². The molecule has 0 spiro atoms. The molecule has 0 radical (unpaired) electrons. The maximum atomic E-state index is 11.5. The van der Waals surface area contributed by atoms with Crippen LogP contribution >= 0.6 is 0 Å². The van der Waals surface area contributed by atoms with E-state index in [0.717, 1.165) is 44.2 Å². The number of carbonyl (C=O) groups is 1. The standard InChI is InChI=1S/C13H20BNO3/c16-12(17)11(15-7-14-18)13-4-8-1-9(5-13)3-10(2-8)6-13/h8-11,15H,1-7H2,(H,16,17)/t8?,9?,10?,11-,13?/m1/s1. The van der Waals surface area contributed by atoms with Gasteiger partial charge in [-0.15, -0.1) is 0 Å². The molecule has 4 rings (SSSR count). The van der Waals surface area contributed by atoms with Crippen LogP contribution in [0.25, 0.3) is 0 Å². The zero-order chi connectivity index (χ0) is 12.8. The first-order valence-electron chi connectivity index (χ1n) is 7.03. The molecule has 4 fully saturated rings. The summed E-state index contributed by atoms with van der Waals surface area (Å²) < 4.78 is 10.5. The van der Waals surface area contributed by atoms with Crippen LogP contribution in [-0.2, 0) is 9.50 Å². The molecule has 0 heterocycles. The summed E-state index contributed by atoms with van der Waals surface area (Å²) in [5.74, 6) is 1.42. The zero-order valence-corrected chi connectivity index (χ0v) is 10.6. The molecule has 4 aliphatic carbocycles. The Labute approximate surface area is 108 Å². The molecular formula is C13H20BNO3. The van der Waals surface area contributed by atoms with Crippen LogP contribution in [0.4, 0.5) is 0 Å². The summed E-state index contributed by atoms with van der Waals surface area (Å²) in [7, 11) is 0.760. The Morgan fingerprint density at radius 2 is 1.72 bits per heavy atom. The predicted molar refractivity (Wildman–Crippen MR) is 66.5 cm³/mol. The van der Waals surface area contributed by atoms with Crippen LogP contribution in [0.3, 0.4) is 0 Å². The minimum absolute atomic E-state index is 0.0798. The molecule has 4 saturated carbocycles. The van der Waals surface area contributed by atoms with Gasteiger partial charge in [-0.05, 0) is 0 Å². The molecule has 5 heteroatoms. The summed E-state index contributed by atoms with van der Waals surface area (Å²) in [6, 6.07) is -0.531. The molecule has 0 aromatic heterocycles. The van der Waals surface area contributed by atoms with Crippen LogP contribution in [0.15, 0.2) is 0 Å². The van der Waals surface area contributed by atoms with Crippen molar-refractivity contribution < 1.29 is 14.6 Å². The molecule has 18 heavy (non-hydrogen) atoms. The maximum absolute atomic E-state index is 11.5. The SMILES string of the molecule is O=BCN[C@H](C(=O)O)C12CC3CC(CC(C3)C1)C2. The van der Waals surface area contributed by atoms with Crippen molar-refractivity contribution in [3.8, 4) is 0 Å². The van der Waals surface area contributed by atoms with Gasteiger partial charge in [0.05, 0.1) is 0 Å². The molecule has 0 saturated heterocycles. The van der Waals surface area contributed by atoms with Crippen molar-refractivity contribution in [3.63, 3.8) is 0 Å². The van der Waals surface area contributed by atoms with Crippen molar-refractivity contribution >= 4 is 13.1 Å². The van der Waals surface area contributed by atoms with Gasteiger partial charge in [0.25, 0.3) is 0 Å². The van der Waals surface area contributed by atoms with E-state index in [-0.39, 0.29) is 11.9 Å². The number of hydrogen-bond donors (Lipinski definition) is 2. The van der Waals surface area contributed by atoms with Gasteiger partial charge in [-0.25, -0.2) is 0 Å². The number of nitrogens with one attached hydrogen (secondary N) is 1. The van der Waals surface area contributed by atoms with Crippen LogP contribution in [0, 0.1) is 23.2 Å². The average molecular weight is 249 g/mol. The van der Waals surface area contributed by atoms with Gasteiger partial charge < -0.3 is 0 Å². The Kier molecular flexibility index (Phi) is 3.04. The first kappa shape index (κ1) is 12.3. The van der Waals surface area contributed by atoms with Crippen molar-refractivity contribution in [1.29, 1.82) is 0 Å². The Bertz CT molecular complexity index is 336. The van der Waals surface area contributed by atoms with E-state index in [0.29, 0.717) is 0 Å². The average Bonchev–Trinajstić information content (AvgIpc) is 2.26. The van der Waals surface area contributed by atoms with Crippen molar-refractivity contribution in [3.05, 3.63) is 0 Å². The fourth-order valence-electron chi connectivity index (χ4n) is 5.26. The number of hydrogen-bond acceptors (Lipinski definition) is 3. The fourth-order valence-corrected chi connectivity index (χ4v) is 5.26. The van der Waals surface area contributed by atoms with Crippen molar-refractivity contribution in [2.75, 3.05) is 6.44 Å². The number of aliphatic carboxylic acids is 1. The Morgan fingerprint density at radius 1 is 1.22 bits per heavy atom. The summed E-state index contributed by atoms with van der Waals surface area (Å²) >= 11 is 0. The zero-order valence-electron chi connectivity index (χ0n) is 10.6. The van der Waals surface area contributed by atoms with E-state index in [2.05, 4.69) is 5.32 Å². The number of carboxylic acids is 1. The molecule has 4 nitrogen and oxygen atoms in total. The second-order valence-corrected chi connectivity index (χ2v) is 6.63. The molecule has 2 N–H and O–H groups in total. The molecule has 98 valence electrons. The van der Waals surface area contributed by atoms with Gasteiger partial charge >= 0.3 is 107 Å². The third-order valence-electron chi connectivity index (χ3n) is 5.35. The van der Waals surface area contributed by atoms with Gasteiger partial charge in [-0.1, -0.05) is 0 Å². The van der Waals surface area contributed by atoms with E-state index < -0.39 is 12.0 Å². The quantitative estimate of drug-likeness (QED) is 0.719.